The molecule has 1 unspecified atom stereocenters. The highest BCUT2D eigenvalue weighted by atomic mass is 32.1. The Balaban J connectivity index is 2.30. The summed E-state index contributed by atoms with van der Waals surface area (Å²) in [6, 6.07) is 9.55. The van der Waals surface area contributed by atoms with Gasteiger partial charge in [-0.2, -0.15) is 0 Å². The Morgan fingerprint density at radius 1 is 1.27 bits per heavy atom. The van der Waals surface area contributed by atoms with Gasteiger partial charge >= 0.3 is 0 Å². The molecule has 0 spiro atoms. The molecule has 0 saturated carbocycles. The second-order valence-electron chi connectivity index (χ2n) is 5.31. The molecule has 1 atom stereocenters. The van der Waals surface area contributed by atoms with Crippen molar-refractivity contribution in [3.8, 4) is 11.1 Å². The van der Waals surface area contributed by atoms with Gasteiger partial charge < -0.3 is 14.7 Å². The van der Waals surface area contributed by atoms with Crippen LogP contribution in [0.3, 0.4) is 0 Å². The number of benzene rings is 1. The van der Waals surface area contributed by atoms with Crippen molar-refractivity contribution in [2.45, 2.75) is 24.3 Å². The largest absolute Gasteiger partial charge is 0.394 e. The lowest BCUT2D eigenvalue weighted by atomic mass is 10.1. The lowest BCUT2D eigenvalue weighted by Gasteiger charge is -2.15. The van der Waals surface area contributed by atoms with E-state index in [1.165, 1.54) is 0 Å². The van der Waals surface area contributed by atoms with Crippen molar-refractivity contribution in [1.29, 1.82) is 0 Å². The SMILES string of the molecule is CCC(CO)n1cc(-c2ccc(S)cc2)c2c(=O)[nH]ccc21. The first-order valence-electron chi connectivity index (χ1n) is 7.28. The summed E-state index contributed by atoms with van der Waals surface area (Å²) in [5.41, 5.74) is 2.56. The molecule has 3 aromatic rings. The number of aliphatic hydroxyl groups is 1. The van der Waals surface area contributed by atoms with E-state index in [1.54, 1.807) is 6.20 Å². The molecule has 114 valence electrons. The molecule has 2 N–H and O–H groups in total. The number of nitrogens with zero attached hydrogens (tertiary/aromatic N) is 1. The van der Waals surface area contributed by atoms with Crippen LogP contribution in [0, 0.1) is 0 Å². The highest BCUT2D eigenvalue weighted by molar-refractivity contribution is 7.80. The zero-order valence-electron chi connectivity index (χ0n) is 12.3. The fourth-order valence-corrected chi connectivity index (χ4v) is 2.94. The van der Waals surface area contributed by atoms with Crippen molar-refractivity contribution < 1.29 is 5.11 Å². The van der Waals surface area contributed by atoms with Crippen LogP contribution in [0.15, 0.2) is 52.4 Å². The fraction of sp³-hybridized carbons (Fsp3) is 0.235. The number of H-pyrrole nitrogens is 1. The highest BCUT2D eigenvalue weighted by Crippen LogP contribution is 2.31. The Labute approximate surface area is 133 Å². The first-order chi connectivity index (χ1) is 10.7. The van der Waals surface area contributed by atoms with E-state index in [9.17, 15) is 9.90 Å². The zero-order valence-corrected chi connectivity index (χ0v) is 13.2. The van der Waals surface area contributed by atoms with Crippen LogP contribution < -0.4 is 5.56 Å². The van der Waals surface area contributed by atoms with E-state index in [-0.39, 0.29) is 18.2 Å². The molecule has 5 heteroatoms. The van der Waals surface area contributed by atoms with Gasteiger partial charge in [-0.1, -0.05) is 19.1 Å². The third kappa shape index (κ3) is 2.46. The molecule has 0 aliphatic carbocycles. The molecule has 0 aliphatic rings. The van der Waals surface area contributed by atoms with Crippen LogP contribution in [0.2, 0.25) is 0 Å². The van der Waals surface area contributed by atoms with Crippen molar-refractivity contribution in [2.75, 3.05) is 6.61 Å². The second kappa shape index (κ2) is 6.02. The maximum absolute atomic E-state index is 12.3. The molecule has 22 heavy (non-hydrogen) atoms. The monoisotopic (exact) mass is 314 g/mol. The molecule has 0 radical (unpaired) electrons. The molecule has 1 aromatic carbocycles. The van der Waals surface area contributed by atoms with E-state index in [4.69, 9.17) is 0 Å². The molecule has 2 aromatic heterocycles. The molecule has 4 nitrogen and oxygen atoms in total. The topological polar surface area (TPSA) is 58.0 Å². The summed E-state index contributed by atoms with van der Waals surface area (Å²) >= 11 is 4.30. The summed E-state index contributed by atoms with van der Waals surface area (Å²) < 4.78 is 1.99. The maximum atomic E-state index is 12.3. The van der Waals surface area contributed by atoms with Gasteiger partial charge in [0.25, 0.3) is 5.56 Å². The number of nitrogens with one attached hydrogen (secondary N) is 1. The van der Waals surface area contributed by atoms with Gasteiger partial charge in [-0.05, 0) is 30.2 Å². The number of rotatable bonds is 4. The lowest BCUT2D eigenvalue weighted by Crippen LogP contribution is -2.12. The predicted octanol–water partition coefficient (Wildman–Crippen LogP) is 3.23. The molecule has 0 saturated heterocycles. The fourth-order valence-electron chi connectivity index (χ4n) is 2.79. The highest BCUT2D eigenvalue weighted by Gasteiger charge is 2.17. The predicted molar refractivity (Wildman–Crippen MR) is 91.7 cm³/mol. The van der Waals surface area contributed by atoms with E-state index in [0.29, 0.717) is 5.39 Å². The molecular weight excluding hydrogens is 296 g/mol. The lowest BCUT2D eigenvalue weighted by molar-refractivity contribution is 0.227. The van der Waals surface area contributed by atoms with Gasteiger partial charge in [0.05, 0.1) is 23.6 Å². The van der Waals surface area contributed by atoms with E-state index in [0.717, 1.165) is 28.0 Å². The maximum Gasteiger partial charge on any atom is 0.258 e. The first kappa shape index (κ1) is 14.9. The third-order valence-corrected chi connectivity index (χ3v) is 4.31. The summed E-state index contributed by atoms with van der Waals surface area (Å²) in [6.45, 7) is 2.07. The van der Waals surface area contributed by atoms with Crippen molar-refractivity contribution >= 4 is 23.5 Å². The minimum atomic E-state index is -0.117. The average Bonchev–Trinajstić information content (AvgIpc) is 2.91. The summed E-state index contributed by atoms with van der Waals surface area (Å²) in [4.78, 5) is 15.9. The number of aromatic nitrogens is 2. The van der Waals surface area contributed by atoms with Gasteiger partial charge in [-0.15, -0.1) is 12.6 Å². The third-order valence-electron chi connectivity index (χ3n) is 4.01. The van der Waals surface area contributed by atoms with Crippen LogP contribution in [0.5, 0.6) is 0 Å². The van der Waals surface area contributed by atoms with E-state index in [1.807, 2.05) is 48.0 Å². The minimum Gasteiger partial charge on any atom is -0.394 e. The van der Waals surface area contributed by atoms with E-state index >= 15 is 0 Å². The summed E-state index contributed by atoms with van der Waals surface area (Å²) in [6.07, 6.45) is 4.39. The number of thiol groups is 1. The number of aliphatic hydroxyl groups excluding tert-OH is 1. The number of hydrogen-bond donors (Lipinski definition) is 3. The van der Waals surface area contributed by atoms with Crippen LogP contribution in [-0.4, -0.2) is 21.3 Å². The molecule has 0 bridgehead atoms. The van der Waals surface area contributed by atoms with Crippen molar-refractivity contribution in [3.63, 3.8) is 0 Å². The van der Waals surface area contributed by atoms with Crippen molar-refractivity contribution in [1.82, 2.24) is 9.55 Å². The second-order valence-corrected chi connectivity index (χ2v) is 5.82. The van der Waals surface area contributed by atoms with Gasteiger partial charge in [0.1, 0.15) is 0 Å². The normalized spacial score (nSPS) is 12.7. The number of fused-ring (bicyclic) bond motifs is 1. The smallest absolute Gasteiger partial charge is 0.258 e. The van der Waals surface area contributed by atoms with Crippen LogP contribution in [0.1, 0.15) is 19.4 Å². The van der Waals surface area contributed by atoms with E-state index in [2.05, 4.69) is 17.6 Å². The summed E-state index contributed by atoms with van der Waals surface area (Å²) in [7, 11) is 0. The van der Waals surface area contributed by atoms with Gasteiger partial charge in [-0.25, -0.2) is 0 Å². The van der Waals surface area contributed by atoms with Crippen LogP contribution >= 0.6 is 12.6 Å². The molecular formula is C17H18N2O2S. The summed E-state index contributed by atoms with van der Waals surface area (Å²) in [5, 5.41) is 10.3. The standard InChI is InChI=1S/C17H18N2O2S/c1-2-12(10-20)19-9-14(11-3-5-13(22)6-4-11)16-15(19)7-8-18-17(16)21/h3-9,12,20,22H,2,10H2,1H3,(H,18,21). The van der Waals surface area contributed by atoms with Crippen LogP contribution in [0.25, 0.3) is 22.0 Å². The molecule has 3 rings (SSSR count). The Bertz CT molecular complexity index is 845. The minimum absolute atomic E-state index is 0.0396. The molecule has 0 amide bonds. The van der Waals surface area contributed by atoms with Gasteiger partial charge in [0.15, 0.2) is 0 Å². The Kier molecular flexibility index (Phi) is 4.09. The first-order valence-corrected chi connectivity index (χ1v) is 7.73. The van der Waals surface area contributed by atoms with Gasteiger partial charge in [0.2, 0.25) is 0 Å². The molecule has 0 aliphatic heterocycles. The summed E-state index contributed by atoms with van der Waals surface area (Å²) in [5.74, 6) is 0. The van der Waals surface area contributed by atoms with Crippen molar-refractivity contribution in [2.24, 2.45) is 0 Å². The van der Waals surface area contributed by atoms with Gasteiger partial charge in [-0.3, -0.25) is 4.79 Å². The van der Waals surface area contributed by atoms with Crippen LogP contribution in [0.4, 0.5) is 0 Å². The Morgan fingerprint density at radius 3 is 2.64 bits per heavy atom. The molecule has 0 fully saturated rings. The molecule has 2 heterocycles. The Morgan fingerprint density at radius 2 is 2.00 bits per heavy atom. The number of aromatic amines is 1. The van der Waals surface area contributed by atoms with E-state index < -0.39 is 0 Å². The number of hydrogen-bond acceptors (Lipinski definition) is 3. The quantitative estimate of drug-likeness (QED) is 0.648. The zero-order chi connectivity index (χ0) is 15.7. The van der Waals surface area contributed by atoms with Crippen LogP contribution in [-0.2, 0) is 0 Å². The Hall–Kier alpha value is -1.98. The number of pyridine rings is 1. The van der Waals surface area contributed by atoms with Crippen molar-refractivity contribution in [3.05, 3.63) is 53.1 Å². The average molecular weight is 314 g/mol. The van der Waals surface area contributed by atoms with Gasteiger partial charge in [0, 0.05) is 22.9 Å².